The van der Waals surface area contributed by atoms with Crippen LogP contribution < -0.4 is 15.8 Å². The highest BCUT2D eigenvalue weighted by molar-refractivity contribution is 6.15. The lowest BCUT2D eigenvalue weighted by Crippen LogP contribution is -2.68. The Balaban J connectivity index is 1.50. The average Bonchev–Trinajstić information content (AvgIpc) is 3.22. The number of hydrogen-bond donors (Lipinski definition) is 2. The molecule has 10 nitrogen and oxygen atoms in total. The van der Waals surface area contributed by atoms with Crippen LogP contribution >= 0.6 is 0 Å². The first kappa shape index (κ1) is 23.6. The monoisotopic (exact) mass is 480 g/mol. The first-order chi connectivity index (χ1) is 16.8. The van der Waals surface area contributed by atoms with Gasteiger partial charge < -0.3 is 9.64 Å². The zero-order valence-electron chi connectivity index (χ0n) is 18.5. The molecule has 2 aliphatic heterocycles. The fourth-order valence-corrected chi connectivity index (χ4v) is 4.25. The van der Waals surface area contributed by atoms with Crippen molar-refractivity contribution in [3.8, 4) is 0 Å². The summed E-state index contributed by atoms with van der Waals surface area (Å²) in [6.45, 7) is 2.77. The van der Waals surface area contributed by atoms with Crippen molar-refractivity contribution in [3.63, 3.8) is 0 Å². The van der Waals surface area contributed by atoms with Gasteiger partial charge in [0, 0.05) is 19.4 Å². The predicted octanol–water partition coefficient (Wildman–Crippen LogP) is 1.30. The van der Waals surface area contributed by atoms with Crippen molar-refractivity contribution in [1.82, 2.24) is 15.8 Å². The molecule has 0 radical (unpaired) electrons. The molecule has 1 atom stereocenters. The van der Waals surface area contributed by atoms with Gasteiger partial charge in [-0.3, -0.25) is 34.9 Å². The Labute approximate surface area is 199 Å². The topological polar surface area (TPSA) is 125 Å². The molecule has 0 spiro atoms. The van der Waals surface area contributed by atoms with Crippen LogP contribution in [0.3, 0.4) is 0 Å². The summed E-state index contributed by atoms with van der Waals surface area (Å²) < 4.78 is 18.9. The number of fused-ring (bicyclic) bond motifs is 3. The summed E-state index contributed by atoms with van der Waals surface area (Å²) in [7, 11) is 0. The van der Waals surface area contributed by atoms with Crippen molar-refractivity contribution in [3.05, 3.63) is 78.1 Å². The lowest BCUT2D eigenvalue weighted by Gasteiger charge is -2.47. The lowest BCUT2D eigenvalue weighted by atomic mass is 9.96. The smallest absolute Gasteiger partial charge is 0.354 e. The summed E-state index contributed by atoms with van der Waals surface area (Å²) in [6.07, 6.45) is 1.37. The number of nitrogens with one attached hydrogen (secondary N) is 2. The molecule has 1 saturated heterocycles. The minimum Gasteiger partial charge on any atom is -0.452 e. The number of halogens is 1. The van der Waals surface area contributed by atoms with Crippen molar-refractivity contribution >= 4 is 35.3 Å². The number of benzene rings is 2. The number of ether oxygens (including phenoxy) is 1. The van der Waals surface area contributed by atoms with Crippen LogP contribution in [0, 0.1) is 5.82 Å². The highest BCUT2D eigenvalue weighted by Gasteiger charge is 2.61. The number of anilines is 1. The number of esters is 1. The Morgan fingerprint density at radius 3 is 2.54 bits per heavy atom. The van der Waals surface area contributed by atoms with Gasteiger partial charge in [0.25, 0.3) is 17.7 Å². The van der Waals surface area contributed by atoms with Gasteiger partial charge in [0.1, 0.15) is 5.82 Å². The minimum absolute atomic E-state index is 0.0186. The van der Waals surface area contributed by atoms with Crippen molar-refractivity contribution in [2.45, 2.75) is 18.5 Å². The number of carbonyl (C=O) groups excluding carboxylic acids is 5. The molecule has 0 saturated carbocycles. The molecule has 0 aliphatic carbocycles. The van der Waals surface area contributed by atoms with Crippen LogP contribution in [0.2, 0.25) is 0 Å². The molecule has 4 amide bonds. The Kier molecular flexibility index (Phi) is 6.32. The van der Waals surface area contributed by atoms with Crippen molar-refractivity contribution in [2.24, 2.45) is 0 Å². The number of hydrogen-bond acceptors (Lipinski definition) is 6. The molecule has 35 heavy (non-hydrogen) atoms. The normalized spacial score (nSPS) is 18.4. The van der Waals surface area contributed by atoms with Crippen LogP contribution in [0.1, 0.15) is 33.6 Å². The van der Waals surface area contributed by atoms with Gasteiger partial charge in [-0.05, 0) is 24.3 Å². The van der Waals surface area contributed by atoms with Crippen LogP contribution in [0.5, 0.6) is 0 Å². The van der Waals surface area contributed by atoms with E-state index in [-0.39, 0.29) is 42.1 Å². The fraction of sp³-hybridized carbons (Fsp3) is 0.208. The van der Waals surface area contributed by atoms with E-state index < -0.39 is 41.8 Å². The first-order valence-electron chi connectivity index (χ1n) is 10.7. The van der Waals surface area contributed by atoms with Crippen molar-refractivity contribution in [1.29, 1.82) is 0 Å². The van der Waals surface area contributed by atoms with E-state index in [1.807, 2.05) is 10.9 Å². The maximum Gasteiger partial charge on any atom is 0.354 e. The first-order valence-corrected chi connectivity index (χ1v) is 10.7. The van der Waals surface area contributed by atoms with Crippen LogP contribution in [-0.2, 0) is 19.1 Å². The molecule has 4 rings (SSSR count). The van der Waals surface area contributed by atoms with Gasteiger partial charge in [-0.25, -0.2) is 9.18 Å². The van der Waals surface area contributed by atoms with Crippen LogP contribution in [-0.4, -0.2) is 53.3 Å². The molecule has 2 aromatic rings. The predicted molar refractivity (Wildman–Crippen MR) is 120 cm³/mol. The fourth-order valence-electron chi connectivity index (χ4n) is 4.25. The standard InChI is InChI=1S/C24H21FN4O6/c1-2-13-28-22(33)16-8-4-6-10-18(16)29-20(31)11-12-24(28,29)23(34)35-14-19(30)26-27-21(32)15-7-3-5-9-17(15)25/h2-10H,1,11-14H2,(H,26,30)(H,27,32). The summed E-state index contributed by atoms with van der Waals surface area (Å²) in [5.41, 5.74) is 2.52. The highest BCUT2D eigenvalue weighted by Crippen LogP contribution is 2.45. The molecular formula is C24H21FN4O6. The van der Waals surface area contributed by atoms with Crippen molar-refractivity contribution in [2.75, 3.05) is 18.1 Å². The number of nitrogens with zero attached hydrogens (tertiary/aromatic N) is 2. The van der Waals surface area contributed by atoms with Gasteiger partial charge in [0.05, 0.1) is 16.8 Å². The van der Waals surface area contributed by atoms with E-state index in [0.29, 0.717) is 0 Å². The summed E-state index contributed by atoms with van der Waals surface area (Å²) >= 11 is 0. The Morgan fingerprint density at radius 2 is 1.80 bits per heavy atom. The molecule has 0 bridgehead atoms. The Bertz CT molecular complexity index is 1250. The summed E-state index contributed by atoms with van der Waals surface area (Å²) in [6, 6.07) is 11.6. The van der Waals surface area contributed by atoms with Gasteiger partial charge in [0.2, 0.25) is 11.6 Å². The number of amides is 4. The summed E-state index contributed by atoms with van der Waals surface area (Å²) in [5.74, 6) is -4.43. The van der Waals surface area contributed by atoms with Gasteiger partial charge in [-0.1, -0.05) is 30.3 Å². The number of para-hydroxylation sites is 1. The third kappa shape index (κ3) is 4.01. The van der Waals surface area contributed by atoms with E-state index in [1.165, 1.54) is 34.1 Å². The van der Waals surface area contributed by atoms with Crippen LogP contribution in [0.4, 0.5) is 10.1 Å². The molecule has 1 unspecified atom stereocenters. The maximum atomic E-state index is 13.7. The third-order valence-electron chi connectivity index (χ3n) is 5.78. The molecule has 2 heterocycles. The molecule has 180 valence electrons. The minimum atomic E-state index is -1.78. The molecule has 2 aromatic carbocycles. The van der Waals surface area contributed by atoms with E-state index in [0.717, 1.165) is 6.07 Å². The van der Waals surface area contributed by atoms with Crippen LogP contribution in [0.25, 0.3) is 0 Å². The number of rotatable bonds is 6. The quantitative estimate of drug-likeness (QED) is 0.365. The van der Waals surface area contributed by atoms with E-state index in [2.05, 4.69) is 6.58 Å². The second kappa shape index (κ2) is 9.37. The zero-order chi connectivity index (χ0) is 25.2. The highest BCUT2D eigenvalue weighted by atomic mass is 19.1. The van der Waals surface area contributed by atoms with Gasteiger partial charge >= 0.3 is 5.97 Å². The molecule has 0 aromatic heterocycles. The van der Waals surface area contributed by atoms with Gasteiger partial charge in [-0.15, -0.1) is 6.58 Å². The van der Waals surface area contributed by atoms with Gasteiger partial charge in [-0.2, -0.15) is 0 Å². The second-order valence-electron chi connectivity index (χ2n) is 7.83. The summed E-state index contributed by atoms with van der Waals surface area (Å²) in [4.78, 5) is 66.0. The largest absolute Gasteiger partial charge is 0.452 e. The molecular weight excluding hydrogens is 459 g/mol. The third-order valence-corrected chi connectivity index (χ3v) is 5.78. The Morgan fingerprint density at radius 1 is 1.09 bits per heavy atom. The zero-order valence-corrected chi connectivity index (χ0v) is 18.5. The van der Waals surface area contributed by atoms with Crippen LogP contribution in [0.15, 0.2) is 61.2 Å². The maximum absolute atomic E-state index is 13.7. The van der Waals surface area contributed by atoms with E-state index in [1.54, 1.807) is 24.3 Å². The molecule has 1 fully saturated rings. The SMILES string of the molecule is C=CCN1C(=O)c2ccccc2N2C(=O)CCC12C(=O)OCC(=O)NNC(=O)c1ccccc1F. The van der Waals surface area contributed by atoms with E-state index in [4.69, 9.17) is 4.74 Å². The lowest BCUT2D eigenvalue weighted by molar-refractivity contribution is -0.159. The second-order valence-corrected chi connectivity index (χ2v) is 7.83. The molecule has 2 aliphatic rings. The average molecular weight is 480 g/mol. The Hall–Kier alpha value is -4.54. The van der Waals surface area contributed by atoms with Gasteiger partial charge in [0.15, 0.2) is 6.61 Å². The number of carbonyl (C=O) groups is 5. The van der Waals surface area contributed by atoms with Crippen molar-refractivity contribution < 1.29 is 33.1 Å². The van der Waals surface area contributed by atoms with E-state index >= 15 is 0 Å². The molecule has 2 N–H and O–H groups in total. The van der Waals surface area contributed by atoms with E-state index in [9.17, 15) is 28.4 Å². The number of hydrazine groups is 1. The molecule has 11 heteroatoms. The summed E-state index contributed by atoms with van der Waals surface area (Å²) in [5, 5.41) is 0.